The normalized spacial score (nSPS) is 13.0. The first-order chi connectivity index (χ1) is 12.6. The summed E-state index contributed by atoms with van der Waals surface area (Å²) in [7, 11) is 0. The molecule has 6 nitrogen and oxygen atoms in total. The van der Waals surface area contributed by atoms with Gasteiger partial charge in [0.1, 0.15) is 11.5 Å². The van der Waals surface area contributed by atoms with Crippen molar-refractivity contribution in [2.75, 3.05) is 18.5 Å². The van der Waals surface area contributed by atoms with E-state index in [1.165, 1.54) is 17.6 Å². The first-order valence-electron chi connectivity index (χ1n) is 8.18. The van der Waals surface area contributed by atoms with E-state index < -0.39 is 11.6 Å². The third kappa shape index (κ3) is 4.07. The van der Waals surface area contributed by atoms with Crippen LogP contribution in [0.4, 0.5) is 10.5 Å². The minimum Gasteiger partial charge on any atom is -0.494 e. The van der Waals surface area contributed by atoms with Crippen molar-refractivity contribution in [2.24, 2.45) is 0 Å². The fourth-order valence-corrected chi connectivity index (χ4v) is 3.25. The first kappa shape index (κ1) is 18.0. The minimum atomic E-state index is -1.43. The van der Waals surface area contributed by atoms with Gasteiger partial charge in [0.25, 0.3) is 0 Å². The van der Waals surface area contributed by atoms with Crippen LogP contribution in [0.15, 0.2) is 63.9 Å². The smallest absolute Gasteiger partial charge is 0.319 e. The van der Waals surface area contributed by atoms with Crippen molar-refractivity contribution >= 4 is 23.1 Å². The summed E-state index contributed by atoms with van der Waals surface area (Å²) in [6.45, 7) is 2.47. The van der Waals surface area contributed by atoms with Gasteiger partial charge in [0.2, 0.25) is 0 Å². The van der Waals surface area contributed by atoms with E-state index in [9.17, 15) is 9.90 Å². The number of amides is 2. The van der Waals surface area contributed by atoms with E-state index in [2.05, 4.69) is 10.6 Å². The van der Waals surface area contributed by atoms with E-state index in [4.69, 9.17) is 9.15 Å². The average Bonchev–Trinajstić information content (AvgIpc) is 3.36. The molecule has 0 aliphatic carbocycles. The number of hydrogen-bond acceptors (Lipinski definition) is 5. The number of benzene rings is 1. The number of hydrogen-bond donors (Lipinski definition) is 3. The predicted molar refractivity (Wildman–Crippen MR) is 101 cm³/mol. The van der Waals surface area contributed by atoms with Gasteiger partial charge in [-0.05, 0) is 60.1 Å². The van der Waals surface area contributed by atoms with Crippen molar-refractivity contribution in [2.45, 2.75) is 12.5 Å². The molecular formula is C19H20N2O4S. The van der Waals surface area contributed by atoms with Gasteiger partial charge in [0.15, 0.2) is 5.60 Å². The number of carbonyl (C=O) groups is 1. The molecular weight excluding hydrogens is 352 g/mol. The summed E-state index contributed by atoms with van der Waals surface area (Å²) in [6.07, 6.45) is 1.49. The van der Waals surface area contributed by atoms with Crippen molar-refractivity contribution in [1.82, 2.24) is 5.32 Å². The summed E-state index contributed by atoms with van der Waals surface area (Å²) < 4.78 is 10.7. The highest BCUT2D eigenvalue weighted by Crippen LogP contribution is 2.31. The lowest BCUT2D eigenvalue weighted by molar-refractivity contribution is 0.0597. The van der Waals surface area contributed by atoms with Gasteiger partial charge in [0, 0.05) is 11.3 Å². The van der Waals surface area contributed by atoms with E-state index in [0.29, 0.717) is 23.6 Å². The molecule has 0 bridgehead atoms. The van der Waals surface area contributed by atoms with Crippen LogP contribution in [0.1, 0.15) is 18.2 Å². The van der Waals surface area contributed by atoms with Crippen LogP contribution in [0, 0.1) is 0 Å². The van der Waals surface area contributed by atoms with Gasteiger partial charge in [0.05, 0.1) is 19.4 Å². The van der Waals surface area contributed by atoms with E-state index in [1.54, 1.807) is 42.5 Å². The highest BCUT2D eigenvalue weighted by molar-refractivity contribution is 7.08. The first-order valence-corrected chi connectivity index (χ1v) is 9.13. The summed E-state index contributed by atoms with van der Waals surface area (Å²) in [6, 6.07) is 11.8. The Balaban J connectivity index is 1.65. The summed E-state index contributed by atoms with van der Waals surface area (Å²) in [4.78, 5) is 12.2. The number of aliphatic hydroxyl groups is 1. The molecule has 1 atom stereocenters. The van der Waals surface area contributed by atoms with Gasteiger partial charge in [-0.25, -0.2) is 4.79 Å². The Morgan fingerprint density at radius 1 is 1.27 bits per heavy atom. The molecule has 0 radical (unpaired) electrons. The molecule has 0 spiro atoms. The molecule has 0 aliphatic rings. The molecule has 26 heavy (non-hydrogen) atoms. The molecule has 0 fully saturated rings. The van der Waals surface area contributed by atoms with Crippen LogP contribution in [-0.4, -0.2) is 24.3 Å². The van der Waals surface area contributed by atoms with Gasteiger partial charge in [-0.3, -0.25) is 0 Å². The Labute approximate surface area is 155 Å². The van der Waals surface area contributed by atoms with E-state index in [1.807, 2.05) is 17.7 Å². The number of ether oxygens (including phenoxy) is 1. The van der Waals surface area contributed by atoms with Crippen LogP contribution in [0.25, 0.3) is 0 Å². The Bertz CT molecular complexity index is 780. The maximum absolute atomic E-state index is 12.2. The minimum absolute atomic E-state index is 0.0277. The SMILES string of the molecule is CCOc1ccc(NC(=O)NC[C@@](O)(c2ccsc2)c2ccco2)cc1. The standard InChI is InChI=1S/C19H20N2O4S/c1-2-24-16-7-5-15(6-8-16)21-18(22)20-13-19(23,14-9-11-26-12-14)17-4-3-10-25-17/h3-12,23H,2,13H2,1H3,(H2,20,21,22)/t19-/m1/s1. The molecule has 2 amide bonds. The zero-order valence-corrected chi connectivity index (χ0v) is 15.1. The van der Waals surface area contributed by atoms with Crippen molar-refractivity contribution in [3.05, 3.63) is 70.8 Å². The zero-order valence-electron chi connectivity index (χ0n) is 14.3. The fraction of sp³-hybridized carbons (Fsp3) is 0.211. The number of nitrogens with one attached hydrogen (secondary N) is 2. The number of urea groups is 1. The van der Waals surface area contributed by atoms with Crippen LogP contribution in [0.3, 0.4) is 0 Å². The number of furan rings is 1. The third-order valence-electron chi connectivity index (χ3n) is 3.86. The molecule has 3 aromatic rings. The van der Waals surface area contributed by atoms with Crippen LogP contribution in [0.2, 0.25) is 0 Å². The highest BCUT2D eigenvalue weighted by Gasteiger charge is 2.35. The lowest BCUT2D eigenvalue weighted by Gasteiger charge is -2.25. The molecule has 0 saturated carbocycles. The van der Waals surface area contributed by atoms with E-state index in [0.717, 1.165) is 5.75 Å². The molecule has 1 aromatic carbocycles. The predicted octanol–water partition coefficient (Wildman–Crippen LogP) is 3.80. The Morgan fingerprint density at radius 2 is 2.08 bits per heavy atom. The van der Waals surface area contributed by atoms with Crippen LogP contribution >= 0.6 is 11.3 Å². The second-order valence-electron chi connectivity index (χ2n) is 5.61. The Hall–Kier alpha value is -2.77. The number of rotatable bonds is 7. The third-order valence-corrected chi connectivity index (χ3v) is 4.54. The monoisotopic (exact) mass is 372 g/mol. The molecule has 3 N–H and O–H groups in total. The van der Waals surface area contributed by atoms with Gasteiger partial charge < -0.3 is 24.9 Å². The molecule has 2 aromatic heterocycles. The lowest BCUT2D eigenvalue weighted by Crippen LogP contribution is -2.42. The topological polar surface area (TPSA) is 83.7 Å². The van der Waals surface area contributed by atoms with Crippen molar-refractivity contribution in [3.8, 4) is 5.75 Å². The Kier molecular flexibility index (Phi) is 5.60. The van der Waals surface area contributed by atoms with Gasteiger partial charge in [-0.1, -0.05) is 0 Å². The van der Waals surface area contributed by atoms with E-state index in [-0.39, 0.29) is 6.54 Å². The molecule has 0 saturated heterocycles. The largest absolute Gasteiger partial charge is 0.494 e. The molecule has 0 aliphatic heterocycles. The summed E-state index contributed by atoms with van der Waals surface area (Å²) >= 11 is 1.46. The zero-order chi connectivity index (χ0) is 18.4. The fourth-order valence-electron chi connectivity index (χ4n) is 2.53. The van der Waals surface area contributed by atoms with Gasteiger partial charge >= 0.3 is 6.03 Å². The van der Waals surface area contributed by atoms with Crippen LogP contribution in [-0.2, 0) is 5.60 Å². The molecule has 136 valence electrons. The number of thiophene rings is 1. The molecule has 7 heteroatoms. The second kappa shape index (κ2) is 8.07. The van der Waals surface area contributed by atoms with Crippen molar-refractivity contribution in [1.29, 1.82) is 0 Å². The quantitative estimate of drug-likeness (QED) is 0.589. The molecule has 3 rings (SSSR count). The summed E-state index contributed by atoms with van der Waals surface area (Å²) in [5, 5.41) is 20.2. The Morgan fingerprint density at radius 3 is 2.69 bits per heavy atom. The highest BCUT2D eigenvalue weighted by atomic mass is 32.1. The lowest BCUT2D eigenvalue weighted by atomic mass is 9.93. The van der Waals surface area contributed by atoms with Crippen molar-refractivity contribution < 1.29 is 19.1 Å². The molecule has 2 heterocycles. The maximum atomic E-state index is 12.2. The van der Waals surface area contributed by atoms with Gasteiger partial charge in [-0.15, -0.1) is 0 Å². The second-order valence-corrected chi connectivity index (χ2v) is 6.39. The maximum Gasteiger partial charge on any atom is 0.319 e. The number of carbonyl (C=O) groups excluding carboxylic acids is 1. The molecule has 0 unspecified atom stereocenters. The van der Waals surface area contributed by atoms with Crippen molar-refractivity contribution in [3.63, 3.8) is 0 Å². The average molecular weight is 372 g/mol. The number of anilines is 1. The van der Waals surface area contributed by atoms with E-state index >= 15 is 0 Å². The van der Waals surface area contributed by atoms with Crippen LogP contribution < -0.4 is 15.4 Å². The summed E-state index contributed by atoms with van der Waals surface area (Å²) in [5.74, 6) is 1.11. The summed E-state index contributed by atoms with van der Waals surface area (Å²) in [5.41, 5.74) is -0.138. The van der Waals surface area contributed by atoms with Gasteiger partial charge in [-0.2, -0.15) is 11.3 Å². The van der Waals surface area contributed by atoms with Crippen LogP contribution in [0.5, 0.6) is 5.75 Å².